The zero-order valence-electron chi connectivity index (χ0n) is 12.3. The highest BCUT2D eigenvalue weighted by molar-refractivity contribution is 5.57. The van der Waals surface area contributed by atoms with Gasteiger partial charge in [-0.3, -0.25) is 0 Å². The van der Waals surface area contributed by atoms with Gasteiger partial charge in [-0.05, 0) is 17.7 Å². The van der Waals surface area contributed by atoms with Gasteiger partial charge in [0, 0.05) is 5.56 Å². The largest absolute Gasteiger partial charge is 0.460 e. The lowest BCUT2D eigenvalue weighted by atomic mass is 10.1. The monoisotopic (exact) mass is 293 g/mol. The molecule has 22 heavy (non-hydrogen) atoms. The maximum atomic E-state index is 9.55. The third-order valence-corrected chi connectivity index (χ3v) is 3.63. The molecule has 0 bridgehead atoms. The van der Waals surface area contributed by atoms with E-state index in [9.17, 15) is 5.11 Å². The van der Waals surface area contributed by atoms with Gasteiger partial charge in [-0.15, -0.1) is 0 Å². The van der Waals surface area contributed by atoms with E-state index in [1.807, 2.05) is 72.8 Å². The molecule has 3 nitrogen and oxygen atoms in total. The smallest absolute Gasteiger partial charge is 0.134 e. The van der Waals surface area contributed by atoms with Crippen LogP contribution in [0.2, 0.25) is 0 Å². The molecular formula is C19H19NO2. The maximum Gasteiger partial charge on any atom is 0.134 e. The topological polar surface area (TPSA) is 45.4 Å². The molecule has 0 aliphatic heterocycles. The summed E-state index contributed by atoms with van der Waals surface area (Å²) >= 11 is 0. The Labute approximate surface area is 130 Å². The summed E-state index contributed by atoms with van der Waals surface area (Å²) in [5.74, 6) is 1.71. The van der Waals surface area contributed by atoms with Crippen molar-refractivity contribution in [3.8, 4) is 11.3 Å². The van der Waals surface area contributed by atoms with Crippen LogP contribution in [0.4, 0.5) is 0 Å². The molecule has 0 aliphatic rings. The van der Waals surface area contributed by atoms with Crippen LogP contribution in [0.15, 0.2) is 77.2 Å². The number of furan rings is 1. The van der Waals surface area contributed by atoms with Crippen LogP contribution in [0.1, 0.15) is 17.4 Å². The Morgan fingerprint density at radius 3 is 2.23 bits per heavy atom. The second-order valence-corrected chi connectivity index (χ2v) is 5.16. The molecule has 0 aliphatic carbocycles. The lowest BCUT2D eigenvalue weighted by Crippen LogP contribution is -2.23. The van der Waals surface area contributed by atoms with Crippen molar-refractivity contribution >= 4 is 0 Å². The summed E-state index contributed by atoms with van der Waals surface area (Å²) in [6.45, 7) is 0.628. The van der Waals surface area contributed by atoms with E-state index in [-0.39, 0.29) is 12.6 Å². The van der Waals surface area contributed by atoms with Gasteiger partial charge < -0.3 is 14.8 Å². The Balaban J connectivity index is 1.65. The van der Waals surface area contributed by atoms with E-state index in [0.717, 1.165) is 22.6 Å². The predicted molar refractivity (Wildman–Crippen MR) is 87.3 cm³/mol. The van der Waals surface area contributed by atoms with Crippen molar-refractivity contribution in [3.05, 3.63) is 84.1 Å². The van der Waals surface area contributed by atoms with E-state index in [1.54, 1.807) is 0 Å². The second-order valence-electron chi connectivity index (χ2n) is 5.16. The first-order chi connectivity index (χ1) is 10.9. The molecule has 1 unspecified atom stereocenters. The second kappa shape index (κ2) is 7.07. The molecular weight excluding hydrogens is 274 g/mol. The average Bonchev–Trinajstić information content (AvgIpc) is 3.06. The first-order valence-corrected chi connectivity index (χ1v) is 7.40. The fraction of sp³-hybridized carbons (Fsp3) is 0.158. The van der Waals surface area contributed by atoms with Gasteiger partial charge in [-0.25, -0.2) is 0 Å². The van der Waals surface area contributed by atoms with E-state index >= 15 is 0 Å². The summed E-state index contributed by atoms with van der Waals surface area (Å²) in [7, 11) is 0. The normalized spacial score (nSPS) is 12.2. The highest BCUT2D eigenvalue weighted by Gasteiger charge is 2.11. The number of nitrogens with one attached hydrogen (secondary N) is 1. The van der Waals surface area contributed by atoms with Gasteiger partial charge in [0.05, 0.1) is 19.2 Å². The molecule has 3 heteroatoms. The highest BCUT2D eigenvalue weighted by Crippen LogP contribution is 2.22. The number of aliphatic hydroxyl groups excluding tert-OH is 1. The van der Waals surface area contributed by atoms with Crippen molar-refractivity contribution in [1.29, 1.82) is 0 Å². The zero-order valence-corrected chi connectivity index (χ0v) is 12.3. The number of rotatable bonds is 6. The van der Waals surface area contributed by atoms with Gasteiger partial charge in [0.25, 0.3) is 0 Å². The van der Waals surface area contributed by atoms with E-state index in [1.165, 1.54) is 0 Å². The van der Waals surface area contributed by atoms with Crippen LogP contribution in [-0.4, -0.2) is 11.7 Å². The molecule has 0 saturated carbocycles. The van der Waals surface area contributed by atoms with Crippen LogP contribution in [0.5, 0.6) is 0 Å². The Morgan fingerprint density at radius 1 is 0.864 bits per heavy atom. The van der Waals surface area contributed by atoms with Crippen LogP contribution in [0.3, 0.4) is 0 Å². The molecule has 1 aromatic heterocycles. The van der Waals surface area contributed by atoms with Crippen LogP contribution in [0.25, 0.3) is 11.3 Å². The molecule has 2 N–H and O–H groups in total. The molecule has 0 radical (unpaired) electrons. The van der Waals surface area contributed by atoms with Gasteiger partial charge in [0.1, 0.15) is 11.5 Å². The summed E-state index contributed by atoms with van der Waals surface area (Å²) in [5, 5.41) is 12.9. The first kappa shape index (κ1) is 14.6. The molecule has 3 rings (SSSR count). The Kier molecular flexibility index (Phi) is 4.68. The van der Waals surface area contributed by atoms with Crippen molar-refractivity contribution in [3.63, 3.8) is 0 Å². The molecule has 0 saturated heterocycles. The highest BCUT2D eigenvalue weighted by atomic mass is 16.3. The van der Waals surface area contributed by atoms with Crippen LogP contribution in [-0.2, 0) is 6.54 Å². The van der Waals surface area contributed by atoms with Crippen molar-refractivity contribution in [2.75, 3.05) is 6.61 Å². The molecule has 0 spiro atoms. The number of aliphatic hydroxyl groups is 1. The Bertz CT molecular complexity index is 692. The molecule has 1 atom stereocenters. The summed E-state index contributed by atoms with van der Waals surface area (Å²) in [4.78, 5) is 0. The molecule has 0 fully saturated rings. The van der Waals surface area contributed by atoms with E-state index in [4.69, 9.17) is 4.42 Å². The summed E-state index contributed by atoms with van der Waals surface area (Å²) in [5.41, 5.74) is 2.13. The summed E-state index contributed by atoms with van der Waals surface area (Å²) in [6.07, 6.45) is 0. The zero-order chi connectivity index (χ0) is 15.2. The van der Waals surface area contributed by atoms with Crippen molar-refractivity contribution in [2.45, 2.75) is 12.6 Å². The number of benzene rings is 2. The number of hydrogen-bond acceptors (Lipinski definition) is 3. The van der Waals surface area contributed by atoms with E-state index < -0.39 is 0 Å². The molecule has 2 aromatic carbocycles. The fourth-order valence-corrected chi connectivity index (χ4v) is 2.43. The SMILES string of the molecule is OCC(NCc1ccc(-c2ccccc2)o1)c1ccccc1. The van der Waals surface area contributed by atoms with Gasteiger partial charge in [-0.1, -0.05) is 60.7 Å². The molecule has 0 amide bonds. The maximum absolute atomic E-state index is 9.55. The lowest BCUT2D eigenvalue weighted by Gasteiger charge is -2.15. The minimum absolute atomic E-state index is 0.0518. The lowest BCUT2D eigenvalue weighted by molar-refractivity contribution is 0.241. The first-order valence-electron chi connectivity index (χ1n) is 7.40. The molecule has 1 heterocycles. The summed E-state index contributed by atoms with van der Waals surface area (Å²) in [6, 6.07) is 23.8. The molecule has 112 valence electrons. The number of hydrogen-bond donors (Lipinski definition) is 2. The van der Waals surface area contributed by atoms with Gasteiger partial charge >= 0.3 is 0 Å². The Hall–Kier alpha value is -2.36. The van der Waals surface area contributed by atoms with Crippen LogP contribution in [0, 0.1) is 0 Å². The van der Waals surface area contributed by atoms with Crippen LogP contribution < -0.4 is 5.32 Å². The van der Waals surface area contributed by atoms with Crippen molar-refractivity contribution in [1.82, 2.24) is 5.32 Å². The van der Waals surface area contributed by atoms with Gasteiger partial charge in [0.15, 0.2) is 0 Å². The van der Waals surface area contributed by atoms with Crippen LogP contribution >= 0.6 is 0 Å². The van der Waals surface area contributed by atoms with Crippen molar-refractivity contribution < 1.29 is 9.52 Å². The standard InChI is InChI=1S/C19H19NO2/c21-14-18(15-7-3-1-4-8-15)20-13-17-11-12-19(22-17)16-9-5-2-6-10-16/h1-12,18,20-21H,13-14H2. The molecule has 3 aromatic rings. The minimum atomic E-state index is -0.0912. The minimum Gasteiger partial charge on any atom is -0.460 e. The quantitative estimate of drug-likeness (QED) is 0.727. The fourth-order valence-electron chi connectivity index (χ4n) is 2.43. The van der Waals surface area contributed by atoms with Crippen molar-refractivity contribution in [2.24, 2.45) is 0 Å². The Morgan fingerprint density at radius 2 is 1.55 bits per heavy atom. The third kappa shape index (κ3) is 3.45. The average molecular weight is 293 g/mol. The van der Waals surface area contributed by atoms with Gasteiger partial charge in [-0.2, -0.15) is 0 Å². The van der Waals surface area contributed by atoms with E-state index in [0.29, 0.717) is 6.54 Å². The van der Waals surface area contributed by atoms with Gasteiger partial charge in [0.2, 0.25) is 0 Å². The predicted octanol–water partition coefficient (Wildman–Crippen LogP) is 3.77. The third-order valence-electron chi connectivity index (χ3n) is 3.63. The van der Waals surface area contributed by atoms with E-state index in [2.05, 4.69) is 5.32 Å². The summed E-state index contributed by atoms with van der Waals surface area (Å²) < 4.78 is 5.86.